The Labute approximate surface area is 180 Å². The molecule has 1 amide bonds. The Morgan fingerprint density at radius 3 is 2.59 bits per heavy atom. The van der Waals surface area contributed by atoms with Gasteiger partial charge >= 0.3 is 0 Å². The van der Waals surface area contributed by atoms with Crippen molar-refractivity contribution in [3.05, 3.63) is 80.1 Å². The molecule has 1 aliphatic rings. The number of H-pyrrole nitrogens is 1. The number of hydrogen-bond acceptors (Lipinski definition) is 3. The SMILES string of the molecule is Cc1n[nH]c(C)c1C(=O)Nc1ccc(C2CN(C)Cc3c(Cl)cc(Cl)cc32)cc1. The average Bonchev–Trinajstić information content (AvgIpc) is 3.01. The lowest BCUT2D eigenvalue weighted by atomic mass is 9.84. The van der Waals surface area contributed by atoms with Crippen molar-refractivity contribution in [1.82, 2.24) is 15.1 Å². The molecule has 1 aliphatic heterocycles. The third-order valence-corrected chi connectivity index (χ3v) is 5.97. The number of anilines is 1. The van der Waals surface area contributed by atoms with Crippen LogP contribution < -0.4 is 5.32 Å². The second-order valence-electron chi connectivity index (χ2n) is 7.59. The van der Waals surface area contributed by atoms with Crippen molar-refractivity contribution in [2.75, 3.05) is 18.9 Å². The van der Waals surface area contributed by atoms with Gasteiger partial charge in [-0.15, -0.1) is 0 Å². The Hall–Kier alpha value is -2.34. The monoisotopic (exact) mass is 428 g/mol. The molecular formula is C22H22Cl2N4O. The van der Waals surface area contributed by atoms with Crippen molar-refractivity contribution in [3.8, 4) is 0 Å². The molecule has 0 bridgehead atoms. The van der Waals surface area contributed by atoms with Crippen LogP contribution in [0.15, 0.2) is 36.4 Å². The van der Waals surface area contributed by atoms with Crippen molar-refractivity contribution < 1.29 is 4.79 Å². The summed E-state index contributed by atoms with van der Waals surface area (Å²) >= 11 is 12.7. The largest absolute Gasteiger partial charge is 0.322 e. The molecule has 1 aromatic heterocycles. The maximum atomic E-state index is 12.6. The molecule has 2 aromatic carbocycles. The standard InChI is InChI=1S/C22H22Cl2N4O/c1-12-21(13(2)27-26-12)22(29)25-16-6-4-14(5-7-16)18-10-28(3)11-19-17(18)8-15(23)9-20(19)24/h4-9,18H,10-11H2,1-3H3,(H,25,29)(H,26,27). The molecule has 4 rings (SSSR count). The van der Waals surface area contributed by atoms with E-state index in [0.29, 0.717) is 21.3 Å². The van der Waals surface area contributed by atoms with Gasteiger partial charge in [-0.25, -0.2) is 0 Å². The van der Waals surface area contributed by atoms with Crippen LogP contribution in [0.5, 0.6) is 0 Å². The van der Waals surface area contributed by atoms with Gasteiger partial charge in [0.2, 0.25) is 0 Å². The third-order valence-electron chi connectivity index (χ3n) is 5.42. The molecule has 0 radical (unpaired) electrons. The number of aromatic amines is 1. The average molecular weight is 429 g/mol. The van der Waals surface area contributed by atoms with E-state index in [0.717, 1.165) is 35.6 Å². The fourth-order valence-corrected chi connectivity index (χ4v) is 4.58. The van der Waals surface area contributed by atoms with Gasteiger partial charge in [0.15, 0.2) is 0 Å². The van der Waals surface area contributed by atoms with Crippen molar-refractivity contribution >= 4 is 34.8 Å². The summed E-state index contributed by atoms with van der Waals surface area (Å²) in [6.07, 6.45) is 0. The number of likely N-dealkylation sites (N-methyl/N-ethyl adjacent to an activating group) is 1. The highest BCUT2D eigenvalue weighted by Crippen LogP contribution is 2.38. The van der Waals surface area contributed by atoms with Gasteiger partial charge in [-0.2, -0.15) is 5.10 Å². The van der Waals surface area contributed by atoms with E-state index in [1.54, 1.807) is 6.07 Å². The van der Waals surface area contributed by atoms with Crippen molar-refractivity contribution in [2.45, 2.75) is 26.3 Å². The van der Waals surface area contributed by atoms with Crippen molar-refractivity contribution in [1.29, 1.82) is 0 Å². The first-order valence-electron chi connectivity index (χ1n) is 9.42. The van der Waals surface area contributed by atoms with Crippen LogP contribution in [0.25, 0.3) is 0 Å². The van der Waals surface area contributed by atoms with Gasteiger partial charge in [0.1, 0.15) is 0 Å². The number of aromatic nitrogens is 2. The topological polar surface area (TPSA) is 61.0 Å². The number of amides is 1. The highest BCUT2D eigenvalue weighted by atomic mass is 35.5. The molecule has 150 valence electrons. The van der Waals surface area contributed by atoms with Crippen LogP contribution in [-0.2, 0) is 6.54 Å². The molecule has 0 aliphatic carbocycles. The molecule has 1 atom stereocenters. The first kappa shape index (κ1) is 20.0. The first-order valence-corrected chi connectivity index (χ1v) is 10.2. The number of aryl methyl sites for hydroxylation is 2. The lowest BCUT2D eigenvalue weighted by Gasteiger charge is -2.33. The summed E-state index contributed by atoms with van der Waals surface area (Å²) < 4.78 is 0. The number of rotatable bonds is 3. The van der Waals surface area contributed by atoms with Crippen molar-refractivity contribution in [2.24, 2.45) is 0 Å². The number of fused-ring (bicyclic) bond motifs is 1. The summed E-state index contributed by atoms with van der Waals surface area (Å²) in [5.74, 6) is 0.00544. The third kappa shape index (κ3) is 3.90. The highest BCUT2D eigenvalue weighted by molar-refractivity contribution is 6.35. The Bertz CT molecular complexity index is 1060. The summed E-state index contributed by atoms with van der Waals surface area (Å²) in [4.78, 5) is 14.8. The van der Waals surface area contributed by atoms with Crippen LogP contribution in [0.2, 0.25) is 10.0 Å². The first-order chi connectivity index (χ1) is 13.8. The molecule has 2 N–H and O–H groups in total. The zero-order valence-corrected chi connectivity index (χ0v) is 18.0. The quantitative estimate of drug-likeness (QED) is 0.605. The Balaban J connectivity index is 1.60. The molecular weight excluding hydrogens is 407 g/mol. The maximum Gasteiger partial charge on any atom is 0.259 e. The summed E-state index contributed by atoms with van der Waals surface area (Å²) in [6.45, 7) is 5.34. The van der Waals surface area contributed by atoms with Crippen LogP contribution in [0.4, 0.5) is 5.69 Å². The second-order valence-corrected chi connectivity index (χ2v) is 8.43. The normalized spacial score (nSPS) is 16.5. The highest BCUT2D eigenvalue weighted by Gasteiger charge is 2.27. The van der Waals surface area contributed by atoms with E-state index in [2.05, 4.69) is 27.5 Å². The molecule has 3 aromatic rings. The second kappa shape index (κ2) is 7.82. The predicted octanol–water partition coefficient (Wildman–Crippen LogP) is 5.16. The molecule has 7 heteroatoms. The Kier molecular flexibility index (Phi) is 5.38. The molecule has 5 nitrogen and oxygen atoms in total. The Morgan fingerprint density at radius 2 is 1.93 bits per heavy atom. The number of carbonyl (C=O) groups is 1. The lowest BCUT2D eigenvalue weighted by molar-refractivity contribution is 0.102. The van der Waals surface area contributed by atoms with Crippen LogP contribution in [0.3, 0.4) is 0 Å². The molecule has 2 heterocycles. The minimum absolute atomic E-state index is 0.164. The van der Waals surface area contributed by atoms with E-state index in [1.165, 1.54) is 5.56 Å². The van der Waals surface area contributed by atoms with Gasteiger partial charge < -0.3 is 10.2 Å². The maximum absolute atomic E-state index is 12.6. The lowest BCUT2D eigenvalue weighted by Crippen LogP contribution is -2.31. The molecule has 0 fully saturated rings. The number of nitrogens with zero attached hydrogens (tertiary/aromatic N) is 2. The predicted molar refractivity (Wildman–Crippen MR) is 117 cm³/mol. The van der Waals surface area contributed by atoms with Crippen LogP contribution in [0, 0.1) is 13.8 Å². The van der Waals surface area contributed by atoms with Crippen LogP contribution in [0.1, 0.15) is 44.4 Å². The van der Waals surface area contributed by atoms with E-state index >= 15 is 0 Å². The minimum atomic E-state index is -0.164. The van der Waals surface area contributed by atoms with Crippen molar-refractivity contribution in [3.63, 3.8) is 0 Å². The van der Waals surface area contributed by atoms with Gasteiger partial charge in [-0.1, -0.05) is 35.3 Å². The summed E-state index contributed by atoms with van der Waals surface area (Å²) in [7, 11) is 2.09. The van der Waals surface area contributed by atoms with E-state index in [1.807, 2.05) is 44.2 Å². The summed E-state index contributed by atoms with van der Waals surface area (Å²) in [6, 6.07) is 11.8. The van der Waals surface area contributed by atoms with Gasteiger partial charge in [0.25, 0.3) is 5.91 Å². The zero-order valence-electron chi connectivity index (χ0n) is 16.5. The number of benzene rings is 2. The summed E-state index contributed by atoms with van der Waals surface area (Å²) in [5, 5.41) is 11.2. The van der Waals surface area contributed by atoms with E-state index < -0.39 is 0 Å². The van der Waals surface area contributed by atoms with Crippen LogP contribution in [-0.4, -0.2) is 34.6 Å². The van der Waals surface area contributed by atoms with Gasteiger partial charge in [0.05, 0.1) is 11.3 Å². The number of nitrogens with one attached hydrogen (secondary N) is 2. The molecule has 1 unspecified atom stereocenters. The van der Waals surface area contributed by atoms with Gasteiger partial charge in [-0.05, 0) is 61.9 Å². The fraction of sp³-hybridized carbons (Fsp3) is 0.273. The number of halogens is 2. The van der Waals surface area contributed by atoms with E-state index in [-0.39, 0.29) is 11.8 Å². The van der Waals surface area contributed by atoms with Crippen LogP contribution >= 0.6 is 23.2 Å². The summed E-state index contributed by atoms with van der Waals surface area (Å²) in [5.41, 5.74) is 6.22. The fourth-order valence-electron chi connectivity index (χ4n) is 4.01. The van der Waals surface area contributed by atoms with E-state index in [9.17, 15) is 4.79 Å². The minimum Gasteiger partial charge on any atom is -0.322 e. The molecule has 0 saturated heterocycles. The number of hydrogen-bond donors (Lipinski definition) is 2. The van der Waals surface area contributed by atoms with Gasteiger partial charge in [-0.3, -0.25) is 9.89 Å². The molecule has 29 heavy (non-hydrogen) atoms. The van der Waals surface area contributed by atoms with E-state index in [4.69, 9.17) is 23.2 Å². The number of carbonyl (C=O) groups excluding carboxylic acids is 1. The van der Waals surface area contributed by atoms with Gasteiger partial charge in [0, 0.05) is 40.4 Å². The smallest absolute Gasteiger partial charge is 0.259 e. The zero-order chi connectivity index (χ0) is 20.7. The Morgan fingerprint density at radius 1 is 1.21 bits per heavy atom. The molecule has 0 saturated carbocycles. The molecule has 0 spiro atoms.